The van der Waals surface area contributed by atoms with Gasteiger partial charge in [0, 0.05) is 44.4 Å². The Kier molecular flexibility index (Phi) is 5.55. The average Bonchev–Trinajstić information content (AvgIpc) is 2.80. The Morgan fingerprint density at radius 3 is 2.52 bits per heavy atom. The van der Waals surface area contributed by atoms with Crippen molar-refractivity contribution in [2.75, 3.05) is 14.1 Å². The molecule has 0 aliphatic rings. The molecule has 23 heavy (non-hydrogen) atoms. The highest BCUT2D eigenvalue weighted by atomic mass is 16.2. The van der Waals surface area contributed by atoms with E-state index in [1.54, 1.807) is 19.0 Å². The van der Waals surface area contributed by atoms with E-state index in [2.05, 4.69) is 29.5 Å². The number of carbonyl (C=O) groups is 1. The van der Waals surface area contributed by atoms with Gasteiger partial charge in [-0.1, -0.05) is 18.2 Å². The third-order valence-electron chi connectivity index (χ3n) is 4.05. The predicted molar refractivity (Wildman–Crippen MR) is 92.7 cm³/mol. The third-order valence-corrected chi connectivity index (χ3v) is 4.05. The first-order valence-electron chi connectivity index (χ1n) is 7.94. The SMILES string of the molecule is Cc1nn(-c2ccccc2)c(C)c1CNC(C)CC(=O)N(C)C. The number of nitrogens with zero attached hydrogens (tertiary/aromatic N) is 3. The number of amides is 1. The maximum Gasteiger partial charge on any atom is 0.223 e. The summed E-state index contributed by atoms with van der Waals surface area (Å²) in [4.78, 5) is 13.4. The zero-order valence-electron chi connectivity index (χ0n) is 14.6. The number of rotatable bonds is 6. The molecule has 2 rings (SSSR count). The zero-order chi connectivity index (χ0) is 17.0. The fraction of sp³-hybridized carbons (Fsp3) is 0.444. The first kappa shape index (κ1) is 17.2. The number of nitrogens with one attached hydrogen (secondary N) is 1. The van der Waals surface area contributed by atoms with Crippen molar-refractivity contribution in [2.45, 2.75) is 39.8 Å². The van der Waals surface area contributed by atoms with E-state index in [1.165, 1.54) is 5.56 Å². The standard InChI is InChI=1S/C18H26N4O/c1-13(11-18(23)21(4)5)19-12-17-14(2)20-22(15(17)3)16-9-7-6-8-10-16/h6-10,13,19H,11-12H2,1-5H3. The normalized spacial score (nSPS) is 12.2. The summed E-state index contributed by atoms with van der Waals surface area (Å²) < 4.78 is 1.97. The number of hydrogen-bond donors (Lipinski definition) is 1. The van der Waals surface area contributed by atoms with Crippen molar-refractivity contribution in [3.63, 3.8) is 0 Å². The van der Waals surface area contributed by atoms with Crippen LogP contribution in [0.5, 0.6) is 0 Å². The van der Waals surface area contributed by atoms with Crippen LogP contribution in [0.15, 0.2) is 30.3 Å². The van der Waals surface area contributed by atoms with E-state index in [0.717, 1.165) is 17.1 Å². The molecule has 0 bridgehead atoms. The van der Waals surface area contributed by atoms with Gasteiger partial charge in [-0.2, -0.15) is 5.10 Å². The monoisotopic (exact) mass is 314 g/mol. The average molecular weight is 314 g/mol. The Balaban J connectivity index is 2.07. The third kappa shape index (κ3) is 4.20. The molecule has 1 N–H and O–H groups in total. The fourth-order valence-electron chi connectivity index (χ4n) is 2.54. The molecule has 1 aromatic carbocycles. The lowest BCUT2D eigenvalue weighted by atomic mass is 10.1. The van der Waals surface area contributed by atoms with E-state index in [9.17, 15) is 4.79 Å². The second kappa shape index (κ2) is 7.42. The second-order valence-corrected chi connectivity index (χ2v) is 6.17. The molecular weight excluding hydrogens is 288 g/mol. The van der Waals surface area contributed by atoms with Crippen LogP contribution >= 0.6 is 0 Å². The van der Waals surface area contributed by atoms with Crippen molar-refractivity contribution in [1.29, 1.82) is 0 Å². The predicted octanol–water partition coefficient (Wildman–Crippen LogP) is 2.45. The Morgan fingerprint density at radius 2 is 1.91 bits per heavy atom. The van der Waals surface area contributed by atoms with E-state index in [1.807, 2.05) is 36.7 Å². The van der Waals surface area contributed by atoms with Gasteiger partial charge in [-0.15, -0.1) is 0 Å². The van der Waals surface area contributed by atoms with E-state index in [0.29, 0.717) is 13.0 Å². The lowest BCUT2D eigenvalue weighted by Gasteiger charge is -2.16. The molecule has 0 aliphatic heterocycles. The molecule has 124 valence electrons. The molecule has 1 amide bonds. The van der Waals surface area contributed by atoms with Crippen molar-refractivity contribution < 1.29 is 4.79 Å². The highest BCUT2D eigenvalue weighted by molar-refractivity contribution is 5.76. The molecule has 2 aromatic rings. The first-order valence-corrected chi connectivity index (χ1v) is 7.94. The molecule has 5 nitrogen and oxygen atoms in total. The highest BCUT2D eigenvalue weighted by Crippen LogP contribution is 2.17. The molecule has 1 atom stereocenters. The van der Waals surface area contributed by atoms with Crippen LogP contribution in [-0.2, 0) is 11.3 Å². The van der Waals surface area contributed by atoms with Gasteiger partial charge >= 0.3 is 0 Å². The van der Waals surface area contributed by atoms with E-state index < -0.39 is 0 Å². The minimum atomic E-state index is 0.128. The van der Waals surface area contributed by atoms with Gasteiger partial charge in [0.05, 0.1) is 11.4 Å². The molecule has 5 heteroatoms. The molecule has 1 aromatic heterocycles. The van der Waals surface area contributed by atoms with Crippen LogP contribution in [0, 0.1) is 13.8 Å². The summed E-state index contributed by atoms with van der Waals surface area (Å²) >= 11 is 0. The van der Waals surface area contributed by atoms with Gasteiger partial charge in [0.15, 0.2) is 0 Å². The Labute approximate surface area is 138 Å². The number of benzene rings is 1. The Morgan fingerprint density at radius 1 is 1.26 bits per heavy atom. The molecule has 0 aliphatic carbocycles. The van der Waals surface area contributed by atoms with Crippen LogP contribution in [0.2, 0.25) is 0 Å². The topological polar surface area (TPSA) is 50.2 Å². The van der Waals surface area contributed by atoms with Gasteiger partial charge in [-0.05, 0) is 32.9 Å². The number of carbonyl (C=O) groups excluding carboxylic acids is 1. The van der Waals surface area contributed by atoms with Gasteiger partial charge in [-0.25, -0.2) is 4.68 Å². The smallest absolute Gasteiger partial charge is 0.223 e. The van der Waals surface area contributed by atoms with Crippen molar-refractivity contribution in [3.8, 4) is 5.69 Å². The van der Waals surface area contributed by atoms with Crippen molar-refractivity contribution in [1.82, 2.24) is 20.0 Å². The van der Waals surface area contributed by atoms with E-state index >= 15 is 0 Å². The highest BCUT2D eigenvalue weighted by Gasteiger charge is 2.15. The lowest BCUT2D eigenvalue weighted by molar-refractivity contribution is -0.129. The summed E-state index contributed by atoms with van der Waals surface area (Å²) in [7, 11) is 3.57. The fourth-order valence-corrected chi connectivity index (χ4v) is 2.54. The van der Waals surface area contributed by atoms with Crippen LogP contribution in [0.25, 0.3) is 5.69 Å². The van der Waals surface area contributed by atoms with Crippen LogP contribution in [-0.4, -0.2) is 40.7 Å². The molecule has 0 fully saturated rings. The van der Waals surface area contributed by atoms with Crippen molar-refractivity contribution in [3.05, 3.63) is 47.3 Å². The molecule has 1 heterocycles. The van der Waals surface area contributed by atoms with Crippen molar-refractivity contribution >= 4 is 5.91 Å². The Hall–Kier alpha value is -2.14. The van der Waals surface area contributed by atoms with Gasteiger partial charge in [-0.3, -0.25) is 4.79 Å². The van der Waals surface area contributed by atoms with Crippen LogP contribution < -0.4 is 5.32 Å². The first-order chi connectivity index (χ1) is 10.9. The van der Waals surface area contributed by atoms with Gasteiger partial charge in [0.25, 0.3) is 0 Å². The molecule has 0 saturated heterocycles. The van der Waals surface area contributed by atoms with Crippen LogP contribution in [0.3, 0.4) is 0 Å². The van der Waals surface area contributed by atoms with Gasteiger partial charge in [0.2, 0.25) is 5.91 Å². The number of hydrogen-bond acceptors (Lipinski definition) is 3. The maximum atomic E-state index is 11.8. The van der Waals surface area contributed by atoms with E-state index in [-0.39, 0.29) is 11.9 Å². The van der Waals surface area contributed by atoms with Crippen LogP contribution in [0.4, 0.5) is 0 Å². The summed E-state index contributed by atoms with van der Waals surface area (Å²) in [5.41, 5.74) is 4.41. The summed E-state index contributed by atoms with van der Waals surface area (Å²) in [5.74, 6) is 0.137. The molecule has 0 radical (unpaired) electrons. The molecule has 0 spiro atoms. The summed E-state index contributed by atoms with van der Waals surface area (Å²) in [6.07, 6.45) is 0.498. The minimum Gasteiger partial charge on any atom is -0.349 e. The number of aromatic nitrogens is 2. The summed E-state index contributed by atoms with van der Waals surface area (Å²) in [5, 5.41) is 8.08. The number of para-hydroxylation sites is 1. The summed E-state index contributed by atoms with van der Waals surface area (Å²) in [6, 6.07) is 10.3. The zero-order valence-corrected chi connectivity index (χ0v) is 14.6. The van der Waals surface area contributed by atoms with Gasteiger partial charge in [0.1, 0.15) is 0 Å². The Bertz CT molecular complexity index is 661. The molecule has 0 saturated carbocycles. The van der Waals surface area contributed by atoms with Crippen molar-refractivity contribution in [2.24, 2.45) is 0 Å². The lowest BCUT2D eigenvalue weighted by Crippen LogP contribution is -2.33. The molecule has 1 unspecified atom stereocenters. The number of aryl methyl sites for hydroxylation is 1. The van der Waals surface area contributed by atoms with Gasteiger partial charge < -0.3 is 10.2 Å². The molecular formula is C18H26N4O. The summed E-state index contributed by atoms with van der Waals surface area (Å²) in [6.45, 7) is 6.86. The largest absolute Gasteiger partial charge is 0.349 e. The maximum absolute atomic E-state index is 11.8. The minimum absolute atomic E-state index is 0.128. The van der Waals surface area contributed by atoms with Crippen LogP contribution in [0.1, 0.15) is 30.3 Å². The van der Waals surface area contributed by atoms with E-state index in [4.69, 9.17) is 0 Å². The second-order valence-electron chi connectivity index (χ2n) is 6.17. The quantitative estimate of drug-likeness (QED) is 0.891.